The summed E-state index contributed by atoms with van der Waals surface area (Å²) in [5, 5.41) is 0.968. The highest BCUT2D eigenvalue weighted by molar-refractivity contribution is 7.98. The van der Waals surface area contributed by atoms with Crippen LogP contribution in [-0.4, -0.2) is 33.4 Å². The van der Waals surface area contributed by atoms with Crippen molar-refractivity contribution in [1.29, 1.82) is 0 Å². The molecule has 0 fully saturated rings. The average molecular weight is 355 g/mol. The van der Waals surface area contributed by atoms with Crippen molar-refractivity contribution in [1.82, 2.24) is 14.5 Å². The maximum absolute atomic E-state index is 12.7. The predicted octanol–water partition coefficient (Wildman–Crippen LogP) is 2.74. The molecule has 0 amide bonds. The normalized spacial score (nSPS) is 10.8. The molecule has 0 unspecified atom stereocenters. The van der Waals surface area contributed by atoms with Gasteiger partial charge in [0.15, 0.2) is 5.16 Å². The summed E-state index contributed by atoms with van der Waals surface area (Å²) >= 11 is 1.41. The number of ether oxygens (including phenoxy) is 1. The molecular formula is C18H17N3O3S. The molecule has 0 aliphatic carbocycles. The van der Waals surface area contributed by atoms with Gasteiger partial charge in [0.1, 0.15) is 6.54 Å². The maximum Gasteiger partial charge on any atom is 0.326 e. The molecule has 0 saturated carbocycles. The van der Waals surface area contributed by atoms with Gasteiger partial charge in [-0.15, -0.1) is 0 Å². The fraction of sp³-hybridized carbons (Fsp3) is 0.222. The van der Waals surface area contributed by atoms with Gasteiger partial charge in [0, 0.05) is 18.0 Å². The van der Waals surface area contributed by atoms with Gasteiger partial charge >= 0.3 is 5.97 Å². The van der Waals surface area contributed by atoms with Crippen LogP contribution in [-0.2, 0) is 16.1 Å². The van der Waals surface area contributed by atoms with Crippen LogP contribution < -0.4 is 5.56 Å². The standard InChI is InChI=1S/C18H17N3O3S/c1-3-24-15(22)11-21-10-14(12-7-5-4-6-8-12)16-13(17(21)23)9-19-18(20-16)25-2/h4-10H,3,11H2,1-2H3. The first-order chi connectivity index (χ1) is 12.1. The Morgan fingerprint density at radius 1 is 1.28 bits per heavy atom. The molecular weight excluding hydrogens is 338 g/mol. The molecule has 1 aromatic carbocycles. The minimum atomic E-state index is -0.454. The van der Waals surface area contributed by atoms with E-state index in [1.54, 1.807) is 13.1 Å². The molecule has 128 valence electrons. The van der Waals surface area contributed by atoms with E-state index in [1.807, 2.05) is 36.6 Å². The number of fused-ring (bicyclic) bond motifs is 1. The second-order valence-corrected chi connectivity index (χ2v) is 6.04. The Balaban J connectivity index is 2.25. The van der Waals surface area contributed by atoms with Gasteiger partial charge in [-0.1, -0.05) is 42.1 Å². The highest BCUT2D eigenvalue weighted by Gasteiger charge is 2.15. The van der Waals surface area contributed by atoms with E-state index in [0.717, 1.165) is 11.1 Å². The van der Waals surface area contributed by atoms with Crippen molar-refractivity contribution >= 4 is 28.6 Å². The lowest BCUT2D eigenvalue weighted by molar-refractivity contribution is -0.143. The Kier molecular flexibility index (Phi) is 5.14. The van der Waals surface area contributed by atoms with E-state index < -0.39 is 5.97 Å². The molecule has 2 aromatic heterocycles. The quantitative estimate of drug-likeness (QED) is 0.398. The van der Waals surface area contributed by atoms with E-state index in [0.29, 0.717) is 16.1 Å². The Hall–Kier alpha value is -2.67. The third kappa shape index (κ3) is 3.56. The Bertz CT molecular complexity index is 970. The monoisotopic (exact) mass is 355 g/mol. The lowest BCUT2D eigenvalue weighted by atomic mass is 10.1. The number of thioether (sulfide) groups is 1. The molecule has 0 atom stereocenters. The van der Waals surface area contributed by atoms with Crippen LogP contribution in [0.2, 0.25) is 0 Å². The zero-order chi connectivity index (χ0) is 17.8. The highest BCUT2D eigenvalue weighted by atomic mass is 32.2. The summed E-state index contributed by atoms with van der Waals surface area (Å²) in [5.74, 6) is -0.454. The van der Waals surface area contributed by atoms with Gasteiger partial charge in [0.2, 0.25) is 0 Å². The first kappa shape index (κ1) is 17.2. The summed E-state index contributed by atoms with van der Waals surface area (Å²) in [6.07, 6.45) is 5.06. The molecule has 7 heteroatoms. The fourth-order valence-electron chi connectivity index (χ4n) is 2.55. The summed E-state index contributed by atoms with van der Waals surface area (Å²) in [4.78, 5) is 33.3. The molecule has 2 heterocycles. The molecule has 0 bridgehead atoms. The number of aromatic nitrogens is 3. The van der Waals surface area contributed by atoms with Gasteiger partial charge < -0.3 is 9.30 Å². The van der Waals surface area contributed by atoms with Crippen LogP contribution >= 0.6 is 11.8 Å². The second-order valence-electron chi connectivity index (χ2n) is 5.27. The molecule has 3 rings (SSSR count). The number of carbonyl (C=O) groups is 1. The minimum Gasteiger partial charge on any atom is -0.465 e. The lowest BCUT2D eigenvalue weighted by Crippen LogP contribution is -2.26. The number of rotatable bonds is 5. The SMILES string of the molecule is CCOC(=O)Cn1cc(-c2ccccc2)c2nc(SC)ncc2c1=O. The van der Waals surface area contributed by atoms with Gasteiger partial charge in [-0.05, 0) is 18.7 Å². The summed E-state index contributed by atoms with van der Waals surface area (Å²) in [7, 11) is 0. The lowest BCUT2D eigenvalue weighted by Gasteiger charge is -2.12. The molecule has 0 N–H and O–H groups in total. The highest BCUT2D eigenvalue weighted by Crippen LogP contribution is 2.26. The van der Waals surface area contributed by atoms with Crippen molar-refractivity contribution in [3.63, 3.8) is 0 Å². The van der Waals surface area contributed by atoms with Crippen molar-refractivity contribution in [3.05, 3.63) is 53.1 Å². The average Bonchev–Trinajstić information content (AvgIpc) is 2.64. The van der Waals surface area contributed by atoms with Crippen LogP contribution in [0.5, 0.6) is 0 Å². The van der Waals surface area contributed by atoms with Gasteiger partial charge in [-0.3, -0.25) is 9.59 Å². The summed E-state index contributed by atoms with van der Waals surface area (Å²) < 4.78 is 6.31. The number of hydrogen-bond acceptors (Lipinski definition) is 6. The van der Waals surface area contributed by atoms with E-state index in [4.69, 9.17) is 4.74 Å². The summed E-state index contributed by atoms with van der Waals surface area (Å²) in [6, 6.07) is 9.63. The number of carbonyl (C=O) groups excluding carboxylic acids is 1. The molecule has 0 aliphatic rings. The number of benzene rings is 1. The van der Waals surface area contributed by atoms with Crippen molar-refractivity contribution in [3.8, 4) is 11.1 Å². The van der Waals surface area contributed by atoms with E-state index in [-0.39, 0.29) is 18.7 Å². The van der Waals surface area contributed by atoms with Gasteiger partial charge in [-0.25, -0.2) is 9.97 Å². The van der Waals surface area contributed by atoms with Crippen molar-refractivity contribution in [2.75, 3.05) is 12.9 Å². The van der Waals surface area contributed by atoms with Crippen molar-refractivity contribution in [2.24, 2.45) is 0 Å². The van der Waals surface area contributed by atoms with Crippen LogP contribution in [0.15, 0.2) is 52.7 Å². The van der Waals surface area contributed by atoms with Gasteiger partial charge in [0.05, 0.1) is 17.5 Å². The van der Waals surface area contributed by atoms with E-state index in [9.17, 15) is 9.59 Å². The zero-order valence-electron chi connectivity index (χ0n) is 13.9. The third-order valence-electron chi connectivity index (χ3n) is 3.67. The van der Waals surface area contributed by atoms with Crippen LogP contribution in [0.4, 0.5) is 0 Å². The fourth-order valence-corrected chi connectivity index (χ4v) is 2.89. The number of hydrogen-bond donors (Lipinski definition) is 0. The maximum atomic E-state index is 12.7. The Morgan fingerprint density at radius 2 is 2.04 bits per heavy atom. The molecule has 0 saturated heterocycles. The number of pyridine rings is 1. The smallest absolute Gasteiger partial charge is 0.326 e. The van der Waals surface area contributed by atoms with Crippen molar-refractivity contribution in [2.45, 2.75) is 18.6 Å². The topological polar surface area (TPSA) is 74.1 Å². The third-order valence-corrected chi connectivity index (χ3v) is 4.23. The summed E-state index contributed by atoms with van der Waals surface area (Å²) in [5.41, 5.74) is 1.96. The Labute approximate surface area is 148 Å². The van der Waals surface area contributed by atoms with Crippen LogP contribution in [0, 0.1) is 0 Å². The van der Waals surface area contributed by atoms with E-state index >= 15 is 0 Å². The van der Waals surface area contributed by atoms with E-state index in [2.05, 4.69) is 9.97 Å². The van der Waals surface area contributed by atoms with Gasteiger partial charge in [-0.2, -0.15) is 0 Å². The first-order valence-corrected chi connectivity index (χ1v) is 9.01. The largest absolute Gasteiger partial charge is 0.465 e. The predicted molar refractivity (Wildman–Crippen MR) is 97.6 cm³/mol. The number of esters is 1. The van der Waals surface area contributed by atoms with Gasteiger partial charge in [0.25, 0.3) is 5.56 Å². The van der Waals surface area contributed by atoms with Crippen molar-refractivity contribution < 1.29 is 9.53 Å². The molecule has 0 radical (unpaired) electrons. The minimum absolute atomic E-state index is 0.146. The number of nitrogens with zero attached hydrogens (tertiary/aromatic N) is 3. The molecule has 25 heavy (non-hydrogen) atoms. The molecule has 6 nitrogen and oxygen atoms in total. The van der Waals surface area contributed by atoms with E-state index in [1.165, 1.54) is 22.5 Å². The van der Waals surface area contributed by atoms with Crippen LogP contribution in [0.3, 0.4) is 0 Å². The molecule has 0 spiro atoms. The van der Waals surface area contributed by atoms with Crippen LogP contribution in [0.1, 0.15) is 6.92 Å². The molecule has 3 aromatic rings. The summed E-state index contributed by atoms with van der Waals surface area (Å²) in [6.45, 7) is 1.86. The first-order valence-electron chi connectivity index (χ1n) is 7.79. The second kappa shape index (κ2) is 7.48. The Morgan fingerprint density at radius 3 is 2.72 bits per heavy atom. The zero-order valence-corrected chi connectivity index (χ0v) is 14.7. The van der Waals surface area contributed by atoms with Crippen LogP contribution in [0.25, 0.3) is 22.0 Å². The molecule has 0 aliphatic heterocycles.